The summed E-state index contributed by atoms with van der Waals surface area (Å²) < 4.78 is 7.64. The number of benzene rings is 2. The molecular weight excluding hydrogens is 416 g/mol. The first kappa shape index (κ1) is 21.3. The molecule has 0 N–H and O–H groups in total. The number of likely N-dealkylation sites (N-methyl/N-ethyl adjacent to an activating group) is 1. The van der Waals surface area contributed by atoms with E-state index in [1.807, 2.05) is 35.4 Å². The Labute approximate surface area is 192 Å². The third-order valence-electron chi connectivity index (χ3n) is 6.83. The van der Waals surface area contributed by atoms with Crippen molar-refractivity contribution in [2.45, 2.75) is 33.2 Å². The van der Waals surface area contributed by atoms with Gasteiger partial charge < -0.3 is 9.30 Å². The van der Waals surface area contributed by atoms with Gasteiger partial charge in [0, 0.05) is 29.9 Å². The zero-order valence-electron chi connectivity index (χ0n) is 19.1. The van der Waals surface area contributed by atoms with Crippen LogP contribution in [-0.4, -0.2) is 46.6 Å². The van der Waals surface area contributed by atoms with Crippen LogP contribution in [-0.2, 0) is 11.3 Å². The Morgan fingerprint density at radius 2 is 1.76 bits per heavy atom. The number of hydrogen-bond donors (Lipinski definition) is 0. The van der Waals surface area contributed by atoms with E-state index in [1.54, 1.807) is 24.4 Å². The van der Waals surface area contributed by atoms with Crippen molar-refractivity contribution in [3.63, 3.8) is 0 Å². The second-order valence-electron chi connectivity index (χ2n) is 8.62. The maximum absolute atomic E-state index is 13.8. The zero-order chi connectivity index (χ0) is 23.3. The monoisotopic (exact) mass is 442 g/mol. The van der Waals surface area contributed by atoms with E-state index >= 15 is 0 Å². The van der Waals surface area contributed by atoms with Crippen LogP contribution in [0.3, 0.4) is 0 Å². The summed E-state index contributed by atoms with van der Waals surface area (Å²) in [5, 5.41) is 0. The first-order chi connectivity index (χ1) is 15.9. The molecule has 6 heteroatoms. The minimum absolute atomic E-state index is 0.0330. The van der Waals surface area contributed by atoms with Crippen LogP contribution in [0.1, 0.15) is 75.4 Å². The van der Waals surface area contributed by atoms with E-state index < -0.39 is 5.97 Å². The predicted octanol–water partition coefficient (Wildman–Crippen LogP) is 4.02. The molecule has 0 saturated carbocycles. The summed E-state index contributed by atoms with van der Waals surface area (Å²) in [5.41, 5.74) is 4.52. The highest BCUT2D eigenvalue weighted by atomic mass is 16.5. The summed E-state index contributed by atoms with van der Waals surface area (Å²) in [4.78, 5) is 41.8. The van der Waals surface area contributed by atoms with Gasteiger partial charge in [-0.15, -0.1) is 0 Å². The van der Waals surface area contributed by atoms with E-state index in [1.165, 1.54) is 5.56 Å². The molecule has 0 amide bonds. The number of nitrogens with zero attached hydrogens (tertiary/aromatic N) is 2. The van der Waals surface area contributed by atoms with Gasteiger partial charge in [-0.2, -0.15) is 0 Å². The van der Waals surface area contributed by atoms with Gasteiger partial charge in [0.15, 0.2) is 11.6 Å². The normalized spacial score (nSPS) is 16.2. The molecule has 2 aliphatic rings. The first-order valence-electron chi connectivity index (χ1n) is 11.4. The maximum atomic E-state index is 13.8. The van der Waals surface area contributed by atoms with Crippen molar-refractivity contribution in [2.24, 2.45) is 0 Å². The van der Waals surface area contributed by atoms with Gasteiger partial charge in [0.05, 0.1) is 23.2 Å². The van der Waals surface area contributed by atoms with Gasteiger partial charge in [0.1, 0.15) is 5.75 Å². The fraction of sp³-hybridized carbons (Fsp3) is 0.296. The Bertz CT molecular complexity index is 1300. The fourth-order valence-electron chi connectivity index (χ4n) is 5.10. The summed E-state index contributed by atoms with van der Waals surface area (Å²) >= 11 is 0. The Hall–Kier alpha value is -3.51. The molecular formula is C27H26N2O4. The molecule has 6 nitrogen and oxygen atoms in total. The molecule has 2 heterocycles. The molecule has 1 atom stereocenters. The lowest BCUT2D eigenvalue weighted by atomic mass is 9.81. The number of ketones is 2. The number of fused-ring (bicyclic) bond motifs is 5. The first-order valence-corrected chi connectivity index (χ1v) is 11.4. The number of rotatable bonds is 5. The number of esters is 1. The Kier molecular flexibility index (Phi) is 5.25. The Balaban J connectivity index is 1.57. The van der Waals surface area contributed by atoms with Crippen LogP contribution in [0.2, 0.25) is 0 Å². The van der Waals surface area contributed by atoms with Crippen molar-refractivity contribution in [3.05, 3.63) is 87.7 Å². The molecule has 1 aromatic heterocycles. The molecule has 33 heavy (non-hydrogen) atoms. The molecule has 0 bridgehead atoms. The van der Waals surface area contributed by atoms with Crippen LogP contribution < -0.4 is 4.74 Å². The summed E-state index contributed by atoms with van der Waals surface area (Å²) in [7, 11) is 0. The molecule has 1 aliphatic heterocycles. The molecule has 3 aromatic rings. The number of aromatic nitrogens is 1. The highest BCUT2D eigenvalue weighted by Gasteiger charge is 2.39. The average molecular weight is 443 g/mol. The van der Waals surface area contributed by atoms with E-state index in [4.69, 9.17) is 4.74 Å². The minimum Gasteiger partial charge on any atom is -0.425 e. The van der Waals surface area contributed by atoms with E-state index in [2.05, 4.69) is 19.1 Å². The van der Waals surface area contributed by atoms with Crippen LogP contribution in [0.15, 0.2) is 48.7 Å². The van der Waals surface area contributed by atoms with Crippen LogP contribution in [0.4, 0.5) is 0 Å². The lowest BCUT2D eigenvalue weighted by molar-refractivity contribution is -0.135. The van der Waals surface area contributed by atoms with E-state index in [9.17, 15) is 14.4 Å². The third-order valence-corrected chi connectivity index (χ3v) is 6.83. The fourth-order valence-corrected chi connectivity index (χ4v) is 5.10. The molecule has 0 radical (unpaired) electrons. The van der Waals surface area contributed by atoms with Crippen LogP contribution >= 0.6 is 0 Å². The molecule has 1 unspecified atom stereocenters. The Morgan fingerprint density at radius 3 is 2.52 bits per heavy atom. The van der Waals surface area contributed by atoms with Crippen LogP contribution in [0.5, 0.6) is 5.75 Å². The molecule has 0 saturated heterocycles. The van der Waals surface area contributed by atoms with E-state index in [0.29, 0.717) is 17.7 Å². The quantitative estimate of drug-likeness (QED) is 0.345. The number of ether oxygens (including phenoxy) is 1. The van der Waals surface area contributed by atoms with Gasteiger partial charge >= 0.3 is 5.97 Å². The third kappa shape index (κ3) is 3.33. The maximum Gasteiger partial charge on any atom is 0.325 e. The van der Waals surface area contributed by atoms with E-state index in [-0.39, 0.29) is 40.9 Å². The van der Waals surface area contributed by atoms with Crippen molar-refractivity contribution in [1.29, 1.82) is 0 Å². The summed E-state index contributed by atoms with van der Waals surface area (Å²) in [6, 6.07) is 13.0. The molecule has 5 rings (SSSR count). The van der Waals surface area contributed by atoms with Crippen molar-refractivity contribution >= 4 is 17.5 Å². The van der Waals surface area contributed by atoms with Crippen LogP contribution in [0, 0.1) is 0 Å². The topological polar surface area (TPSA) is 68.6 Å². The summed E-state index contributed by atoms with van der Waals surface area (Å²) in [5.74, 6) is -0.795. The number of carbonyl (C=O) groups is 3. The second kappa shape index (κ2) is 8.12. The molecule has 168 valence electrons. The highest BCUT2D eigenvalue weighted by molar-refractivity contribution is 6.30. The van der Waals surface area contributed by atoms with Gasteiger partial charge in [0.25, 0.3) is 0 Å². The SMILES string of the molecule is CCN(CC)CC(=O)Oc1cccc2c1C(=O)c1c(cn3c1C(C)c1ccccc1C3)C2=O. The molecule has 1 aliphatic carbocycles. The summed E-state index contributed by atoms with van der Waals surface area (Å²) in [6.45, 7) is 8.18. The molecule has 0 fully saturated rings. The molecule has 2 aromatic carbocycles. The van der Waals surface area contributed by atoms with Gasteiger partial charge in [-0.25, -0.2) is 0 Å². The van der Waals surface area contributed by atoms with Crippen molar-refractivity contribution in [3.8, 4) is 5.75 Å². The zero-order valence-corrected chi connectivity index (χ0v) is 19.1. The van der Waals surface area contributed by atoms with Gasteiger partial charge in [-0.3, -0.25) is 19.3 Å². The standard InChI is InChI=1S/C27H26N2O4/c1-4-28(5-2)15-22(30)33-21-12-8-11-19-23(21)27(32)24-20(26(19)31)14-29-13-17-9-6-7-10-18(17)16(3)25(24)29/h6-12,14,16H,4-5,13,15H2,1-3H3. The van der Waals surface area contributed by atoms with Crippen molar-refractivity contribution in [2.75, 3.05) is 19.6 Å². The second-order valence-corrected chi connectivity index (χ2v) is 8.62. The van der Waals surface area contributed by atoms with Gasteiger partial charge in [0.2, 0.25) is 0 Å². The smallest absolute Gasteiger partial charge is 0.325 e. The van der Waals surface area contributed by atoms with Gasteiger partial charge in [-0.05, 0) is 30.3 Å². The minimum atomic E-state index is -0.445. The molecule has 0 spiro atoms. The van der Waals surface area contributed by atoms with E-state index in [0.717, 1.165) is 24.3 Å². The lowest BCUT2D eigenvalue weighted by Crippen LogP contribution is -2.32. The van der Waals surface area contributed by atoms with Crippen molar-refractivity contribution < 1.29 is 19.1 Å². The lowest BCUT2D eigenvalue weighted by Gasteiger charge is -2.27. The Morgan fingerprint density at radius 1 is 1.00 bits per heavy atom. The largest absolute Gasteiger partial charge is 0.425 e. The van der Waals surface area contributed by atoms with Crippen LogP contribution in [0.25, 0.3) is 0 Å². The van der Waals surface area contributed by atoms with Gasteiger partial charge in [-0.1, -0.05) is 57.2 Å². The highest BCUT2D eigenvalue weighted by Crippen LogP contribution is 2.42. The summed E-state index contributed by atoms with van der Waals surface area (Å²) in [6.07, 6.45) is 1.80. The predicted molar refractivity (Wildman–Crippen MR) is 124 cm³/mol. The number of hydrogen-bond acceptors (Lipinski definition) is 5. The van der Waals surface area contributed by atoms with Crippen molar-refractivity contribution in [1.82, 2.24) is 9.47 Å². The average Bonchev–Trinajstić information content (AvgIpc) is 3.21. The number of carbonyl (C=O) groups excluding carboxylic acids is 3.